The Kier molecular flexibility index (Phi) is 6.96. The van der Waals surface area contributed by atoms with E-state index in [1.807, 2.05) is 0 Å². The number of imide groups is 1. The summed E-state index contributed by atoms with van der Waals surface area (Å²) in [4.78, 5) is 26.2. The summed E-state index contributed by atoms with van der Waals surface area (Å²) >= 11 is 7.21. The molecule has 0 aliphatic heterocycles. The van der Waals surface area contributed by atoms with Crippen LogP contribution in [0.5, 0.6) is 0 Å². The Hall–Kier alpha value is -2.16. The van der Waals surface area contributed by atoms with Crippen LogP contribution in [0, 0.1) is 11.6 Å². The van der Waals surface area contributed by atoms with Crippen LogP contribution in [-0.2, 0) is 4.74 Å². The Labute approximate surface area is 158 Å². The van der Waals surface area contributed by atoms with E-state index in [0.29, 0.717) is 9.80 Å². The second-order valence-corrected chi connectivity index (χ2v) is 6.31. The lowest BCUT2D eigenvalue weighted by Crippen LogP contribution is -2.41. The molecule has 0 spiro atoms. The van der Waals surface area contributed by atoms with Crippen molar-refractivity contribution in [1.82, 2.24) is 4.90 Å². The normalized spacial score (nSPS) is 10.5. The number of rotatable bonds is 5. The highest BCUT2D eigenvalue weighted by molar-refractivity contribution is 7.98. The van der Waals surface area contributed by atoms with Gasteiger partial charge in [-0.05, 0) is 36.6 Å². The number of ether oxygens (including phenoxy) is 1. The molecular formula is C17H15ClF2N2O3S. The molecule has 138 valence electrons. The van der Waals surface area contributed by atoms with Crippen LogP contribution in [0.25, 0.3) is 0 Å². The van der Waals surface area contributed by atoms with Crippen LogP contribution in [0.4, 0.5) is 19.3 Å². The lowest BCUT2D eigenvalue weighted by Gasteiger charge is -2.21. The van der Waals surface area contributed by atoms with Crippen molar-refractivity contribution in [2.75, 3.05) is 25.4 Å². The predicted octanol–water partition coefficient (Wildman–Crippen LogP) is 4.62. The van der Waals surface area contributed by atoms with Gasteiger partial charge >= 0.3 is 6.03 Å². The molecule has 0 bridgehead atoms. The van der Waals surface area contributed by atoms with E-state index >= 15 is 0 Å². The van der Waals surface area contributed by atoms with E-state index in [2.05, 4.69) is 5.32 Å². The summed E-state index contributed by atoms with van der Waals surface area (Å²) in [7, 11) is 1.25. The summed E-state index contributed by atoms with van der Waals surface area (Å²) in [6.45, 7) is -0.472. The van der Waals surface area contributed by atoms with Crippen molar-refractivity contribution < 1.29 is 23.1 Å². The van der Waals surface area contributed by atoms with Gasteiger partial charge in [0.2, 0.25) is 0 Å². The fourth-order valence-electron chi connectivity index (χ4n) is 2.08. The molecule has 2 rings (SSSR count). The summed E-state index contributed by atoms with van der Waals surface area (Å²) in [6.07, 6.45) is 1.78. The second kappa shape index (κ2) is 8.98. The van der Waals surface area contributed by atoms with E-state index in [9.17, 15) is 18.4 Å². The number of halogens is 3. The van der Waals surface area contributed by atoms with Crippen molar-refractivity contribution in [2.45, 2.75) is 4.90 Å². The molecule has 0 aliphatic rings. The number of nitrogens with one attached hydrogen (secondary N) is 1. The maximum Gasteiger partial charge on any atom is 0.330 e. The number of amides is 3. The first-order chi connectivity index (χ1) is 12.4. The predicted molar refractivity (Wildman–Crippen MR) is 96.7 cm³/mol. The molecule has 0 atom stereocenters. The van der Waals surface area contributed by atoms with Gasteiger partial charge in [-0.3, -0.25) is 4.79 Å². The standard InChI is InChI=1S/C17H15ClF2N2O3S/c1-25-9-22(16(23)15-11(18)4-3-5-12(15)19)17(24)21-14-7-6-10(26-2)8-13(14)20/h3-8H,9H2,1-2H3,(H,21,24). The number of thioether (sulfide) groups is 1. The third-order valence-corrected chi connectivity index (χ3v) is 4.38. The molecular weight excluding hydrogens is 386 g/mol. The zero-order valence-corrected chi connectivity index (χ0v) is 15.5. The molecule has 0 unspecified atom stereocenters. The quantitative estimate of drug-likeness (QED) is 0.587. The fourth-order valence-corrected chi connectivity index (χ4v) is 2.75. The minimum Gasteiger partial charge on any atom is -0.364 e. The van der Waals surface area contributed by atoms with Crippen molar-refractivity contribution in [3.8, 4) is 0 Å². The van der Waals surface area contributed by atoms with Crippen LogP contribution in [0.15, 0.2) is 41.3 Å². The summed E-state index contributed by atoms with van der Waals surface area (Å²) in [6, 6.07) is 6.94. The van der Waals surface area contributed by atoms with Crippen LogP contribution >= 0.6 is 23.4 Å². The Morgan fingerprint density at radius 2 is 1.96 bits per heavy atom. The summed E-state index contributed by atoms with van der Waals surface area (Å²) in [5.41, 5.74) is -0.596. The molecule has 0 radical (unpaired) electrons. The molecule has 1 N–H and O–H groups in total. The topological polar surface area (TPSA) is 58.6 Å². The van der Waals surface area contributed by atoms with E-state index in [0.717, 1.165) is 6.07 Å². The molecule has 3 amide bonds. The van der Waals surface area contributed by atoms with Crippen LogP contribution in [-0.4, -0.2) is 36.9 Å². The first kappa shape index (κ1) is 20.2. The average molecular weight is 401 g/mol. The molecule has 5 nitrogen and oxygen atoms in total. The van der Waals surface area contributed by atoms with Crippen LogP contribution in [0.3, 0.4) is 0 Å². The van der Waals surface area contributed by atoms with Crippen molar-refractivity contribution >= 4 is 41.0 Å². The van der Waals surface area contributed by atoms with E-state index < -0.39 is 35.9 Å². The van der Waals surface area contributed by atoms with Gasteiger partial charge in [0.1, 0.15) is 18.4 Å². The van der Waals surface area contributed by atoms with Gasteiger partial charge in [0, 0.05) is 12.0 Å². The van der Waals surface area contributed by atoms with Crippen molar-refractivity contribution in [2.24, 2.45) is 0 Å². The van der Waals surface area contributed by atoms with Crippen LogP contribution in [0.2, 0.25) is 5.02 Å². The molecule has 26 heavy (non-hydrogen) atoms. The minimum absolute atomic E-state index is 0.124. The Bertz CT molecular complexity index is 815. The van der Waals surface area contributed by atoms with Crippen LogP contribution in [0.1, 0.15) is 10.4 Å². The van der Waals surface area contributed by atoms with Crippen molar-refractivity contribution in [1.29, 1.82) is 0 Å². The number of urea groups is 1. The summed E-state index contributed by atoms with van der Waals surface area (Å²) in [5.74, 6) is -2.56. The highest BCUT2D eigenvalue weighted by Crippen LogP contribution is 2.24. The number of hydrogen-bond donors (Lipinski definition) is 1. The maximum absolute atomic E-state index is 14.1. The Morgan fingerprint density at radius 3 is 2.54 bits per heavy atom. The third-order valence-electron chi connectivity index (χ3n) is 3.34. The van der Waals surface area contributed by atoms with Gasteiger partial charge in [-0.15, -0.1) is 11.8 Å². The molecule has 2 aromatic rings. The highest BCUT2D eigenvalue weighted by atomic mass is 35.5. The highest BCUT2D eigenvalue weighted by Gasteiger charge is 2.27. The van der Waals surface area contributed by atoms with Gasteiger partial charge < -0.3 is 10.1 Å². The minimum atomic E-state index is -1.01. The number of benzene rings is 2. The van der Waals surface area contributed by atoms with Gasteiger partial charge in [0.15, 0.2) is 0 Å². The molecule has 0 aromatic heterocycles. The monoisotopic (exact) mass is 400 g/mol. The Morgan fingerprint density at radius 1 is 1.23 bits per heavy atom. The smallest absolute Gasteiger partial charge is 0.330 e. The van der Waals surface area contributed by atoms with Gasteiger partial charge in [-0.25, -0.2) is 18.5 Å². The number of carbonyl (C=O) groups excluding carboxylic acids is 2. The Balaban J connectivity index is 2.29. The van der Waals surface area contributed by atoms with Crippen molar-refractivity contribution in [3.63, 3.8) is 0 Å². The SMILES string of the molecule is COCN(C(=O)Nc1ccc(SC)cc1F)C(=O)c1c(F)cccc1Cl. The van der Waals surface area contributed by atoms with Gasteiger partial charge in [-0.1, -0.05) is 17.7 Å². The lowest BCUT2D eigenvalue weighted by atomic mass is 10.2. The fraction of sp³-hybridized carbons (Fsp3) is 0.176. The lowest BCUT2D eigenvalue weighted by molar-refractivity contribution is 0.0552. The van der Waals surface area contributed by atoms with Gasteiger partial charge in [-0.2, -0.15) is 0 Å². The molecule has 0 aliphatic carbocycles. The van der Waals surface area contributed by atoms with Crippen molar-refractivity contribution in [3.05, 3.63) is 58.6 Å². The zero-order chi connectivity index (χ0) is 19.3. The largest absolute Gasteiger partial charge is 0.364 e. The second-order valence-electron chi connectivity index (χ2n) is 5.02. The molecule has 0 heterocycles. The third kappa shape index (κ3) is 4.51. The maximum atomic E-state index is 14.1. The van der Waals surface area contributed by atoms with E-state index in [4.69, 9.17) is 16.3 Å². The number of carbonyl (C=O) groups is 2. The molecule has 0 saturated heterocycles. The zero-order valence-electron chi connectivity index (χ0n) is 13.9. The summed E-state index contributed by atoms with van der Waals surface area (Å²) in [5, 5.41) is 2.12. The number of methoxy groups -OCH3 is 1. The number of anilines is 1. The molecule has 0 saturated carbocycles. The average Bonchev–Trinajstić information content (AvgIpc) is 2.60. The molecule has 9 heteroatoms. The van der Waals surface area contributed by atoms with Gasteiger partial charge in [0.25, 0.3) is 5.91 Å². The summed E-state index contributed by atoms with van der Waals surface area (Å²) < 4.78 is 32.9. The van der Waals surface area contributed by atoms with Crippen LogP contribution < -0.4 is 5.32 Å². The molecule has 2 aromatic carbocycles. The number of nitrogens with zero attached hydrogens (tertiary/aromatic N) is 1. The van der Waals surface area contributed by atoms with Gasteiger partial charge in [0.05, 0.1) is 16.3 Å². The van der Waals surface area contributed by atoms with E-state index in [1.54, 1.807) is 12.3 Å². The first-order valence-electron chi connectivity index (χ1n) is 7.28. The molecule has 0 fully saturated rings. The first-order valence-corrected chi connectivity index (χ1v) is 8.88. The van der Waals surface area contributed by atoms with E-state index in [-0.39, 0.29) is 10.7 Å². The van der Waals surface area contributed by atoms with E-state index in [1.165, 1.54) is 43.1 Å². The number of hydrogen-bond acceptors (Lipinski definition) is 4.